The first-order valence-electron chi connectivity index (χ1n) is 10.8. The molecule has 0 aliphatic rings. The Balaban J connectivity index is 1.86. The van der Waals surface area contributed by atoms with Gasteiger partial charge in [-0.1, -0.05) is 61.5 Å². The quantitative estimate of drug-likeness (QED) is 0.444. The molecule has 2 aromatic rings. The van der Waals surface area contributed by atoms with Crippen LogP contribution in [-0.2, 0) is 25.6 Å². The lowest BCUT2D eigenvalue weighted by molar-refractivity contribution is -0.131. The van der Waals surface area contributed by atoms with Gasteiger partial charge in [0.2, 0.25) is 17.7 Å². The molecule has 3 amide bonds. The number of primary amides is 2. The molecule has 2 aromatic carbocycles. The second-order valence-corrected chi connectivity index (χ2v) is 7.87. The second-order valence-electron chi connectivity index (χ2n) is 7.87. The number of nitrogens with one attached hydrogen (secondary N) is 1. The molecule has 0 spiro atoms. The van der Waals surface area contributed by atoms with Gasteiger partial charge in [0.15, 0.2) is 5.78 Å². The monoisotopic (exact) mass is 437 g/mol. The lowest BCUT2D eigenvalue weighted by atomic mass is 9.92. The number of rotatable bonds is 13. The minimum Gasteiger partial charge on any atom is -0.370 e. The van der Waals surface area contributed by atoms with Crippen LogP contribution in [-0.4, -0.2) is 29.5 Å². The zero-order valence-electron chi connectivity index (χ0n) is 18.4. The maximum absolute atomic E-state index is 12.6. The summed E-state index contributed by atoms with van der Waals surface area (Å²) in [5, 5.41) is 2.75. The molecule has 0 aromatic heterocycles. The molecular weight excluding hydrogens is 406 g/mol. The maximum atomic E-state index is 12.6. The van der Waals surface area contributed by atoms with Gasteiger partial charge in [-0.25, -0.2) is 0 Å². The predicted molar refractivity (Wildman–Crippen MR) is 123 cm³/mol. The lowest BCUT2D eigenvalue weighted by Crippen LogP contribution is -2.42. The molecule has 7 heteroatoms. The molecular formula is C25H31N3O4. The fourth-order valence-electron chi connectivity index (χ4n) is 3.48. The molecule has 2 atom stereocenters. The molecule has 0 unspecified atom stereocenters. The summed E-state index contributed by atoms with van der Waals surface area (Å²) >= 11 is 0. The Morgan fingerprint density at radius 3 is 2.06 bits per heavy atom. The summed E-state index contributed by atoms with van der Waals surface area (Å²) < 4.78 is 0. The first-order chi connectivity index (χ1) is 15.3. The van der Waals surface area contributed by atoms with E-state index in [0.717, 1.165) is 16.7 Å². The van der Waals surface area contributed by atoms with E-state index in [1.54, 1.807) is 6.92 Å². The van der Waals surface area contributed by atoms with Gasteiger partial charge in [-0.2, -0.15) is 0 Å². The van der Waals surface area contributed by atoms with Crippen molar-refractivity contribution in [3.63, 3.8) is 0 Å². The van der Waals surface area contributed by atoms with Gasteiger partial charge in [-0.3, -0.25) is 19.2 Å². The Kier molecular flexibility index (Phi) is 9.60. The van der Waals surface area contributed by atoms with Gasteiger partial charge in [-0.05, 0) is 36.0 Å². The molecule has 32 heavy (non-hydrogen) atoms. The van der Waals surface area contributed by atoms with Crippen LogP contribution in [0.4, 0.5) is 0 Å². The van der Waals surface area contributed by atoms with Crippen LogP contribution in [0.1, 0.15) is 44.6 Å². The molecule has 5 N–H and O–H groups in total. The van der Waals surface area contributed by atoms with Crippen molar-refractivity contribution in [2.24, 2.45) is 17.4 Å². The van der Waals surface area contributed by atoms with E-state index < -0.39 is 23.8 Å². The number of carbonyl (C=O) groups is 4. The van der Waals surface area contributed by atoms with Crippen molar-refractivity contribution >= 4 is 23.5 Å². The van der Waals surface area contributed by atoms with Gasteiger partial charge in [0.25, 0.3) is 0 Å². The fraction of sp³-hybridized carbons (Fsp3) is 0.360. The minimum atomic E-state index is -0.774. The molecule has 0 saturated carbocycles. The highest BCUT2D eigenvalue weighted by Gasteiger charge is 2.25. The number of nitrogens with two attached hydrogens (primary N) is 2. The number of Topliss-reactive ketones (excluding diaryl/α,β-unsaturated/α-hetero) is 1. The van der Waals surface area contributed by atoms with Crippen molar-refractivity contribution in [1.82, 2.24) is 5.32 Å². The standard InChI is InChI=1S/C25H31N3O4/c1-2-21(22(29)16-20(25(27)32)13-14-23(26)30)28-24(31)15-10-17-8-11-19(12-9-17)18-6-4-3-5-7-18/h3-9,11-12,20-21H,2,10,13-16H2,1H3,(H2,26,30)(H2,27,32)(H,28,31)/t20-,21+/m1/s1. The number of hydrogen-bond acceptors (Lipinski definition) is 4. The zero-order chi connectivity index (χ0) is 23.5. The summed E-state index contributed by atoms with van der Waals surface area (Å²) in [5.74, 6) is -2.49. The van der Waals surface area contributed by atoms with Crippen molar-refractivity contribution in [2.45, 2.75) is 51.5 Å². The van der Waals surface area contributed by atoms with Crippen molar-refractivity contribution in [2.75, 3.05) is 0 Å². The first kappa shape index (κ1) is 24.8. The van der Waals surface area contributed by atoms with Crippen molar-refractivity contribution in [1.29, 1.82) is 0 Å². The van der Waals surface area contributed by atoms with Gasteiger partial charge >= 0.3 is 0 Å². The summed E-state index contributed by atoms with van der Waals surface area (Å²) in [6.07, 6.45) is 1.18. The molecule has 0 saturated heterocycles. The van der Waals surface area contributed by atoms with E-state index in [2.05, 4.69) is 5.32 Å². The summed E-state index contributed by atoms with van der Waals surface area (Å²) in [5.41, 5.74) is 13.7. The number of hydrogen-bond donors (Lipinski definition) is 3. The van der Waals surface area contributed by atoms with E-state index in [1.165, 1.54) is 0 Å². The second kappa shape index (κ2) is 12.4. The Labute approximate surface area is 188 Å². The van der Waals surface area contributed by atoms with E-state index >= 15 is 0 Å². The minimum absolute atomic E-state index is 0.0207. The van der Waals surface area contributed by atoms with Gasteiger partial charge in [0.05, 0.1) is 6.04 Å². The van der Waals surface area contributed by atoms with E-state index in [-0.39, 0.29) is 37.4 Å². The van der Waals surface area contributed by atoms with Gasteiger partial charge in [-0.15, -0.1) is 0 Å². The Morgan fingerprint density at radius 1 is 0.875 bits per heavy atom. The predicted octanol–water partition coefficient (Wildman–Crippen LogP) is 2.51. The topological polar surface area (TPSA) is 132 Å². The number of aryl methyl sites for hydroxylation is 1. The maximum Gasteiger partial charge on any atom is 0.220 e. The fourth-order valence-corrected chi connectivity index (χ4v) is 3.48. The van der Waals surface area contributed by atoms with Crippen molar-refractivity contribution < 1.29 is 19.2 Å². The number of benzene rings is 2. The molecule has 7 nitrogen and oxygen atoms in total. The third-order valence-corrected chi connectivity index (χ3v) is 5.42. The van der Waals surface area contributed by atoms with Crippen molar-refractivity contribution in [3.8, 4) is 11.1 Å². The molecule has 2 rings (SSSR count). The van der Waals surface area contributed by atoms with Crippen LogP contribution in [0.5, 0.6) is 0 Å². The van der Waals surface area contributed by atoms with Crippen molar-refractivity contribution in [3.05, 3.63) is 60.2 Å². The largest absolute Gasteiger partial charge is 0.370 e. The van der Waals surface area contributed by atoms with E-state index in [9.17, 15) is 19.2 Å². The van der Waals surface area contributed by atoms with Crippen LogP contribution in [0.3, 0.4) is 0 Å². The third-order valence-electron chi connectivity index (χ3n) is 5.42. The molecule has 0 heterocycles. The SMILES string of the molecule is CC[C@H](NC(=O)CCc1ccc(-c2ccccc2)cc1)C(=O)C[C@@H](CCC(N)=O)C(N)=O. The van der Waals surface area contributed by atoms with Gasteiger partial charge < -0.3 is 16.8 Å². The third kappa shape index (κ3) is 7.98. The summed E-state index contributed by atoms with van der Waals surface area (Å²) in [6.45, 7) is 1.79. The van der Waals surface area contributed by atoms with Crippen LogP contribution in [0.25, 0.3) is 11.1 Å². The first-order valence-corrected chi connectivity index (χ1v) is 10.8. The lowest BCUT2D eigenvalue weighted by Gasteiger charge is -2.19. The normalized spacial score (nSPS) is 12.5. The summed E-state index contributed by atoms with van der Waals surface area (Å²) in [7, 11) is 0. The zero-order valence-corrected chi connectivity index (χ0v) is 18.4. The molecule has 170 valence electrons. The van der Waals surface area contributed by atoms with E-state index in [1.807, 2.05) is 54.6 Å². The number of amides is 3. The highest BCUT2D eigenvalue weighted by Crippen LogP contribution is 2.20. The van der Waals surface area contributed by atoms with Gasteiger partial charge in [0.1, 0.15) is 0 Å². The number of carbonyl (C=O) groups excluding carboxylic acids is 4. The molecule has 0 radical (unpaired) electrons. The van der Waals surface area contributed by atoms with Crippen LogP contribution in [0.15, 0.2) is 54.6 Å². The molecule has 0 aliphatic carbocycles. The Morgan fingerprint density at radius 2 is 1.50 bits per heavy atom. The van der Waals surface area contributed by atoms with Crippen LogP contribution in [0, 0.1) is 5.92 Å². The number of ketones is 1. The van der Waals surface area contributed by atoms with Crippen LogP contribution < -0.4 is 16.8 Å². The van der Waals surface area contributed by atoms with Crippen LogP contribution in [0.2, 0.25) is 0 Å². The molecule has 0 fully saturated rings. The average Bonchev–Trinajstić information content (AvgIpc) is 2.79. The summed E-state index contributed by atoms with van der Waals surface area (Å²) in [4.78, 5) is 47.5. The Bertz CT molecular complexity index is 926. The van der Waals surface area contributed by atoms with Gasteiger partial charge in [0, 0.05) is 25.2 Å². The Hall–Kier alpha value is -3.48. The summed E-state index contributed by atoms with van der Waals surface area (Å²) in [6, 6.07) is 17.4. The van der Waals surface area contributed by atoms with Crippen LogP contribution >= 0.6 is 0 Å². The van der Waals surface area contributed by atoms with E-state index in [4.69, 9.17) is 11.5 Å². The smallest absolute Gasteiger partial charge is 0.220 e. The highest BCUT2D eigenvalue weighted by atomic mass is 16.2. The average molecular weight is 438 g/mol. The molecule has 0 bridgehead atoms. The van der Waals surface area contributed by atoms with E-state index in [0.29, 0.717) is 12.8 Å². The molecule has 0 aliphatic heterocycles. The highest BCUT2D eigenvalue weighted by molar-refractivity contribution is 5.92.